The zero-order valence-electron chi connectivity index (χ0n) is 12.0. The van der Waals surface area contributed by atoms with Gasteiger partial charge in [-0.15, -0.1) is 0 Å². The van der Waals surface area contributed by atoms with Gasteiger partial charge in [-0.3, -0.25) is 0 Å². The summed E-state index contributed by atoms with van der Waals surface area (Å²) < 4.78 is 27.6. The number of nitrogens with two attached hydrogens (primary N) is 1. The first-order valence-corrected chi connectivity index (χ1v) is 8.62. The van der Waals surface area contributed by atoms with Gasteiger partial charge in [0.1, 0.15) is 10.7 Å². The molecule has 2 atom stereocenters. The number of rotatable bonds is 4. The maximum Gasteiger partial charge on any atom is 0.242 e. The standard InChI is InChI=1S/C14H23N3O2S/c1-10(2)12-5-3-4-6-13(12)17-20(18,19)11-7-8-14(15)16-9-11/h7-10,12-13,17H,3-6H2,1-2H3,(H2,15,16). The fourth-order valence-electron chi connectivity index (χ4n) is 2.92. The van der Waals surface area contributed by atoms with Crippen molar-refractivity contribution >= 4 is 15.8 Å². The molecule has 0 aliphatic heterocycles. The van der Waals surface area contributed by atoms with Crippen molar-refractivity contribution in [2.24, 2.45) is 11.8 Å². The van der Waals surface area contributed by atoms with Crippen molar-refractivity contribution in [2.45, 2.75) is 50.5 Å². The Labute approximate surface area is 121 Å². The lowest BCUT2D eigenvalue weighted by atomic mass is 9.78. The van der Waals surface area contributed by atoms with E-state index in [4.69, 9.17) is 5.73 Å². The van der Waals surface area contributed by atoms with Gasteiger partial charge in [0.2, 0.25) is 10.0 Å². The van der Waals surface area contributed by atoms with Crippen molar-refractivity contribution in [1.82, 2.24) is 9.71 Å². The second-order valence-corrected chi connectivity index (χ2v) is 7.55. The highest BCUT2D eigenvalue weighted by Gasteiger charge is 2.31. The van der Waals surface area contributed by atoms with E-state index in [9.17, 15) is 8.42 Å². The second kappa shape index (κ2) is 6.10. The lowest BCUT2D eigenvalue weighted by molar-refractivity contribution is 0.226. The zero-order valence-corrected chi connectivity index (χ0v) is 12.9. The van der Waals surface area contributed by atoms with E-state index in [0.717, 1.165) is 19.3 Å². The first kappa shape index (κ1) is 15.3. The maximum atomic E-state index is 12.4. The summed E-state index contributed by atoms with van der Waals surface area (Å²) in [5.74, 6) is 1.20. The number of hydrogen-bond acceptors (Lipinski definition) is 4. The molecule has 0 bridgehead atoms. The van der Waals surface area contributed by atoms with Gasteiger partial charge in [0, 0.05) is 12.2 Å². The summed E-state index contributed by atoms with van der Waals surface area (Å²) in [6.07, 6.45) is 5.57. The third-order valence-corrected chi connectivity index (χ3v) is 5.53. The highest BCUT2D eigenvalue weighted by molar-refractivity contribution is 7.89. The fourth-order valence-corrected chi connectivity index (χ4v) is 4.19. The summed E-state index contributed by atoms with van der Waals surface area (Å²) in [5, 5.41) is 0. The van der Waals surface area contributed by atoms with Crippen molar-refractivity contribution in [3.63, 3.8) is 0 Å². The third kappa shape index (κ3) is 3.49. The Morgan fingerprint density at radius 1 is 1.30 bits per heavy atom. The van der Waals surface area contributed by atoms with Crippen molar-refractivity contribution < 1.29 is 8.42 Å². The van der Waals surface area contributed by atoms with Crippen LogP contribution in [-0.4, -0.2) is 19.4 Å². The Morgan fingerprint density at radius 3 is 2.60 bits per heavy atom. The average Bonchev–Trinajstić information content (AvgIpc) is 2.39. The van der Waals surface area contributed by atoms with E-state index in [-0.39, 0.29) is 10.9 Å². The van der Waals surface area contributed by atoms with Crippen molar-refractivity contribution in [2.75, 3.05) is 5.73 Å². The summed E-state index contributed by atoms with van der Waals surface area (Å²) in [4.78, 5) is 4.03. The van der Waals surface area contributed by atoms with Gasteiger partial charge < -0.3 is 5.73 Å². The van der Waals surface area contributed by atoms with Crippen LogP contribution in [0.25, 0.3) is 0 Å². The van der Waals surface area contributed by atoms with Crippen LogP contribution in [0.3, 0.4) is 0 Å². The molecule has 1 heterocycles. The predicted octanol–water partition coefficient (Wildman–Crippen LogP) is 2.16. The topological polar surface area (TPSA) is 85.1 Å². The van der Waals surface area contributed by atoms with E-state index in [0.29, 0.717) is 17.7 Å². The van der Waals surface area contributed by atoms with Crippen LogP contribution in [0.1, 0.15) is 39.5 Å². The molecule has 1 aromatic heterocycles. The molecular weight excluding hydrogens is 274 g/mol. The first-order valence-electron chi connectivity index (χ1n) is 7.14. The van der Waals surface area contributed by atoms with E-state index in [1.54, 1.807) is 0 Å². The Bertz CT molecular complexity index is 540. The van der Waals surface area contributed by atoms with Gasteiger partial charge in [-0.1, -0.05) is 26.7 Å². The van der Waals surface area contributed by atoms with Crippen LogP contribution in [0.4, 0.5) is 5.82 Å². The van der Waals surface area contributed by atoms with Crippen LogP contribution in [0.15, 0.2) is 23.2 Å². The van der Waals surface area contributed by atoms with Crippen LogP contribution in [0.5, 0.6) is 0 Å². The Kier molecular flexibility index (Phi) is 4.65. The molecule has 1 aliphatic rings. The van der Waals surface area contributed by atoms with Crippen molar-refractivity contribution in [3.8, 4) is 0 Å². The highest BCUT2D eigenvalue weighted by atomic mass is 32.2. The largest absolute Gasteiger partial charge is 0.384 e. The molecule has 0 aromatic carbocycles. The average molecular weight is 297 g/mol. The molecular formula is C14H23N3O2S. The Balaban J connectivity index is 2.16. The van der Waals surface area contributed by atoms with E-state index < -0.39 is 10.0 Å². The number of aromatic nitrogens is 1. The number of pyridine rings is 1. The summed E-state index contributed by atoms with van der Waals surface area (Å²) in [6, 6.07) is 3.03. The minimum absolute atomic E-state index is 0.0197. The van der Waals surface area contributed by atoms with Crippen LogP contribution in [0, 0.1) is 11.8 Å². The van der Waals surface area contributed by atoms with Gasteiger partial charge in [0.25, 0.3) is 0 Å². The fraction of sp³-hybridized carbons (Fsp3) is 0.643. The van der Waals surface area contributed by atoms with Crippen molar-refractivity contribution in [1.29, 1.82) is 0 Å². The molecule has 1 saturated carbocycles. The SMILES string of the molecule is CC(C)C1CCCCC1NS(=O)(=O)c1ccc(N)nc1. The molecule has 20 heavy (non-hydrogen) atoms. The molecule has 0 saturated heterocycles. The van der Waals surface area contributed by atoms with Gasteiger partial charge in [-0.05, 0) is 36.8 Å². The summed E-state index contributed by atoms with van der Waals surface area (Å²) in [6.45, 7) is 4.31. The van der Waals surface area contributed by atoms with E-state index in [2.05, 4.69) is 23.6 Å². The second-order valence-electron chi connectivity index (χ2n) is 5.84. The first-order chi connectivity index (χ1) is 9.40. The zero-order chi connectivity index (χ0) is 14.8. The van der Waals surface area contributed by atoms with E-state index in [1.165, 1.54) is 24.8 Å². The number of sulfonamides is 1. The van der Waals surface area contributed by atoms with Crippen LogP contribution in [0.2, 0.25) is 0 Å². The van der Waals surface area contributed by atoms with Crippen LogP contribution < -0.4 is 10.5 Å². The normalized spacial score (nSPS) is 23.9. The van der Waals surface area contributed by atoms with Gasteiger partial charge in [-0.2, -0.15) is 0 Å². The van der Waals surface area contributed by atoms with Crippen LogP contribution >= 0.6 is 0 Å². The minimum Gasteiger partial charge on any atom is -0.384 e. The summed E-state index contributed by atoms with van der Waals surface area (Å²) >= 11 is 0. The molecule has 0 radical (unpaired) electrons. The molecule has 0 spiro atoms. The number of nitrogens with zero attached hydrogens (tertiary/aromatic N) is 1. The molecule has 6 heteroatoms. The molecule has 0 amide bonds. The third-order valence-electron chi connectivity index (χ3n) is 4.05. The summed E-state index contributed by atoms with van der Waals surface area (Å²) in [7, 11) is -3.51. The predicted molar refractivity (Wildman–Crippen MR) is 79.6 cm³/mol. The maximum absolute atomic E-state index is 12.4. The molecule has 1 aliphatic carbocycles. The molecule has 5 nitrogen and oxygen atoms in total. The Hall–Kier alpha value is -1.14. The molecule has 1 fully saturated rings. The number of hydrogen-bond donors (Lipinski definition) is 2. The van der Waals surface area contributed by atoms with Crippen molar-refractivity contribution in [3.05, 3.63) is 18.3 Å². The molecule has 2 unspecified atom stereocenters. The van der Waals surface area contributed by atoms with E-state index in [1.807, 2.05) is 0 Å². The minimum atomic E-state index is -3.51. The monoisotopic (exact) mass is 297 g/mol. The lowest BCUT2D eigenvalue weighted by Crippen LogP contribution is -2.43. The molecule has 1 aromatic rings. The quantitative estimate of drug-likeness (QED) is 0.891. The van der Waals surface area contributed by atoms with E-state index >= 15 is 0 Å². The molecule has 3 N–H and O–H groups in total. The number of nitrogens with one attached hydrogen (secondary N) is 1. The summed E-state index contributed by atoms with van der Waals surface area (Å²) in [5.41, 5.74) is 5.49. The number of nitrogen functional groups attached to an aromatic ring is 1. The Morgan fingerprint density at radius 2 is 2.00 bits per heavy atom. The molecule has 2 rings (SSSR count). The van der Waals surface area contributed by atoms with Gasteiger partial charge in [0.05, 0.1) is 0 Å². The van der Waals surface area contributed by atoms with Gasteiger partial charge in [0.15, 0.2) is 0 Å². The highest BCUT2D eigenvalue weighted by Crippen LogP contribution is 2.31. The lowest BCUT2D eigenvalue weighted by Gasteiger charge is -2.34. The molecule has 112 valence electrons. The number of anilines is 1. The van der Waals surface area contributed by atoms with Crippen LogP contribution in [-0.2, 0) is 10.0 Å². The van der Waals surface area contributed by atoms with Gasteiger partial charge >= 0.3 is 0 Å². The smallest absolute Gasteiger partial charge is 0.242 e. The van der Waals surface area contributed by atoms with Gasteiger partial charge in [-0.25, -0.2) is 18.1 Å².